The molecule has 0 aromatic heterocycles. The Balaban J connectivity index is 1.92. The lowest BCUT2D eigenvalue weighted by atomic mass is 10.1. The molecular formula is C13H19NO. The molecule has 2 N–H and O–H groups in total. The normalized spacial score (nSPS) is 18.4. The SMILES string of the molecule is Oc1ccc(NC2CCCCCC2)cc1. The van der Waals surface area contributed by atoms with Gasteiger partial charge in [-0.3, -0.25) is 0 Å². The van der Waals surface area contributed by atoms with Crippen molar-refractivity contribution in [3.8, 4) is 5.75 Å². The maximum atomic E-state index is 9.18. The summed E-state index contributed by atoms with van der Waals surface area (Å²) >= 11 is 0. The van der Waals surface area contributed by atoms with Crippen molar-refractivity contribution in [3.05, 3.63) is 24.3 Å². The minimum atomic E-state index is 0.335. The van der Waals surface area contributed by atoms with Crippen molar-refractivity contribution in [2.24, 2.45) is 0 Å². The number of anilines is 1. The predicted octanol–water partition coefficient (Wildman–Crippen LogP) is 3.53. The van der Waals surface area contributed by atoms with Crippen LogP contribution in [0, 0.1) is 0 Å². The molecule has 82 valence electrons. The van der Waals surface area contributed by atoms with Gasteiger partial charge in [0.05, 0.1) is 0 Å². The van der Waals surface area contributed by atoms with E-state index in [0.717, 1.165) is 5.69 Å². The van der Waals surface area contributed by atoms with Gasteiger partial charge in [-0.25, -0.2) is 0 Å². The van der Waals surface area contributed by atoms with E-state index in [9.17, 15) is 5.11 Å². The summed E-state index contributed by atoms with van der Waals surface area (Å²) in [6.45, 7) is 0. The second-order valence-corrected chi connectivity index (χ2v) is 4.38. The van der Waals surface area contributed by atoms with E-state index >= 15 is 0 Å². The van der Waals surface area contributed by atoms with Crippen LogP contribution in [0.3, 0.4) is 0 Å². The maximum absolute atomic E-state index is 9.18. The van der Waals surface area contributed by atoms with Gasteiger partial charge in [-0.1, -0.05) is 25.7 Å². The van der Waals surface area contributed by atoms with E-state index < -0.39 is 0 Å². The number of benzene rings is 1. The van der Waals surface area contributed by atoms with Gasteiger partial charge in [0, 0.05) is 11.7 Å². The van der Waals surface area contributed by atoms with Crippen LogP contribution in [0.1, 0.15) is 38.5 Å². The molecule has 0 spiro atoms. The lowest BCUT2D eigenvalue weighted by Gasteiger charge is -2.17. The monoisotopic (exact) mass is 205 g/mol. The zero-order chi connectivity index (χ0) is 10.5. The van der Waals surface area contributed by atoms with E-state index in [1.54, 1.807) is 12.1 Å². The second kappa shape index (κ2) is 5.06. The third-order valence-electron chi connectivity index (χ3n) is 3.09. The Morgan fingerprint density at radius 1 is 0.933 bits per heavy atom. The van der Waals surface area contributed by atoms with Gasteiger partial charge in [0.2, 0.25) is 0 Å². The molecule has 0 unspecified atom stereocenters. The lowest BCUT2D eigenvalue weighted by Crippen LogP contribution is -2.17. The first kappa shape index (κ1) is 10.3. The molecule has 0 heterocycles. The molecule has 0 aliphatic heterocycles. The lowest BCUT2D eigenvalue weighted by molar-refractivity contribution is 0.475. The van der Waals surface area contributed by atoms with Crippen molar-refractivity contribution < 1.29 is 5.11 Å². The Hall–Kier alpha value is -1.18. The smallest absolute Gasteiger partial charge is 0.115 e. The van der Waals surface area contributed by atoms with Gasteiger partial charge in [-0.05, 0) is 37.1 Å². The van der Waals surface area contributed by atoms with E-state index in [2.05, 4.69) is 5.32 Å². The van der Waals surface area contributed by atoms with Crippen molar-refractivity contribution in [2.75, 3.05) is 5.32 Å². The zero-order valence-corrected chi connectivity index (χ0v) is 9.08. The number of hydrogen-bond acceptors (Lipinski definition) is 2. The molecule has 0 bridgehead atoms. The Labute approximate surface area is 91.3 Å². The van der Waals surface area contributed by atoms with Crippen LogP contribution in [-0.4, -0.2) is 11.1 Å². The van der Waals surface area contributed by atoms with Gasteiger partial charge in [0.15, 0.2) is 0 Å². The number of phenolic OH excluding ortho intramolecular Hbond substituents is 1. The molecule has 0 saturated heterocycles. The fraction of sp³-hybridized carbons (Fsp3) is 0.538. The molecule has 15 heavy (non-hydrogen) atoms. The van der Waals surface area contributed by atoms with E-state index in [0.29, 0.717) is 11.8 Å². The quantitative estimate of drug-likeness (QED) is 0.572. The first-order valence-corrected chi connectivity index (χ1v) is 5.90. The number of aromatic hydroxyl groups is 1. The van der Waals surface area contributed by atoms with Crippen molar-refractivity contribution in [1.29, 1.82) is 0 Å². The molecule has 1 fully saturated rings. The standard InChI is InChI=1S/C13H19NO/c15-13-9-7-12(8-10-13)14-11-5-3-1-2-4-6-11/h7-11,14-15H,1-6H2. The fourth-order valence-corrected chi connectivity index (χ4v) is 2.22. The van der Waals surface area contributed by atoms with Crippen LogP contribution in [-0.2, 0) is 0 Å². The van der Waals surface area contributed by atoms with E-state index in [4.69, 9.17) is 0 Å². The van der Waals surface area contributed by atoms with Crippen LogP contribution < -0.4 is 5.32 Å². The van der Waals surface area contributed by atoms with Gasteiger partial charge in [0.1, 0.15) is 5.75 Å². The first-order valence-electron chi connectivity index (χ1n) is 5.90. The number of phenols is 1. The molecule has 0 atom stereocenters. The summed E-state index contributed by atoms with van der Waals surface area (Å²) in [5, 5.41) is 12.7. The summed E-state index contributed by atoms with van der Waals surface area (Å²) in [6.07, 6.45) is 8.01. The highest BCUT2D eigenvalue weighted by atomic mass is 16.3. The van der Waals surface area contributed by atoms with Gasteiger partial charge in [-0.15, -0.1) is 0 Å². The van der Waals surface area contributed by atoms with Crippen LogP contribution in [0.4, 0.5) is 5.69 Å². The summed E-state index contributed by atoms with van der Waals surface area (Å²) in [6, 6.07) is 7.98. The van der Waals surface area contributed by atoms with Gasteiger partial charge >= 0.3 is 0 Å². The van der Waals surface area contributed by atoms with Crippen LogP contribution in [0.5, 0.6) is 5.75 Å². The molecular weight excluding hydrogens is 186 g/mol. The fourth-order valence-electron chi connectivity index (χ4n) is 2.22. The number of rotatable bonds is 2. The van der Waals surface area contributed by atoms with Crippen molar-refractivity contribution in [2.45, 2.75) is 44.6 Å². The molecule has 1 aromatic rings. The van der Waals surface area contributed by atoms with Gasteiger partial charge in [0.25, 0.3) is 0 Å². The topological polar surface area (TPSA) is 32.3 Å². The molecule has 2 nitrogen and oxygen atoms in total. The molecule has 2 heteroatoms. The van der Waals surface area contributed by atoms with Gasteiger partial charge < -0.3 is 10.4 Å². The Kier molecular flexibility index (Phi) is 3.49. The summed E-state index contributed by atoms with van der Waals surface area (Å²) < 4.78 is 0. The van der Waals surface area contributed by atoms with Crippen molar-refractivity contribution in [3.63, 3.8) is 0 Å². The van der Waals surface area contributed by atoms with Crippen LogP contribution in [0.15, 0.2) is 24.3 Å². The molecule has 1 saturated carbocycles. The van der Waals surface area contributed by atoms with Crippen LogP contribution in [0.2, 0.25) is 0 Å². The summed E-state index contributed by atoms with van der Waals surface area (Å²) in [5.41, 5.74) is 1.12. The second-order valence-electron chi connectivity index (χ2n) is 4.38. The average Bonchev–Trinajstić information content (AvgIpc) is 2.50. The minimum absolute atomic E-state index is 0.335. The highest BCUT2D eigenvalue weighted by Crippen LogP contribution is 2.22. The largest absolute Gasteiger partial charge is 0.508 e. The molecule has 0 radical (unpaired) electrons. The minimum Gasteiger partial charge on any atom is -0.508 e. The van der Waals surface area contributed by atoms with Crippen LogP contribution >= 0.6 is 0 Å². The number of nitrogens with one attached hydrogen (secondary N) is 1. The molecule has 1 aliphatic carbocycles. The van der Waals surface area contributed by atoms with E-state index in [-0.39, 0.29) is 0 Å². The summed E-state index contributed by atoms with van der Waals surface area (Å²) in [7, 11) is 0. The van der Waals surface area contributed by atoms with Gasteiger partial charge in [-0.2, -0.15) is 0 Å². The van der Waals surface area contributed by atoms with Crippen molar-refractivity contribution in [1.82, 2.24) is 0 Å². The van der Waals surface area contributed by atoms with Crippen LogP contribution in [0.25, 0.3) is 0 Å². The highest BCUT2D eigenvalue weighted by Gasteiger charge is 2.11. The highest BCUT2D eigenvalue weighted by molar-refractivity contribution is 5.46. The zero-order valence-electron chi connectivity index (χ0n) is 9.08. The molecule has 0 amide bonds. The Bertz CT molecular complexity index is 286. The predicted molar refractivity (Wildman–Crippen MR) is 63.2 cm³/mol. The molecule has 2 rings (SSSR count). The van der Waals surface area contributed by atoms with Crippen molar-refractivity contribution >= 4 is 5.69 Å². The summed E-state index contributed by atoms with van der Waals surface area (Å²) in [4.78, 5) is 0. The average molecular weight is 205 g/mol. The van der Waals surface area contributed by atoms with E-state index in [1.807, 2.05) is 12.1 Å². The Morgan fingerprint density at radius 2 is 1.53 bits per heavy atom. The molecule has 1 aromatic carbocycles. The third-order valence-corrected chi connectivity index (χ3v) is 3.09. The third kappa shape index (κ3) is 3.15. The van der Waals surface area contributed by atoms with E-state index in [1.165, 1.54) is 38.5 Å². The Morgan fingerprint density at radius 3 is 2.13 bits per heavy atom. The number of hydrogen-bond donors (Lipinski definition) is 2. The summed E-state index contributed by atoms with van der Waals surface area (Å²) in [5.74, 6) is 0.335. The first-order chi connectivity index (χ1) is 7.34. The maximum Gasteiger partial charge on any atom is 0.115 e. The molecule has 1 aliphatic rings.